The molecule has 0 aliphatic heterocycles. The van der Waals surface area contributed by atoms with Gasteiger partial charge in [0.1, 0.15) is 11.4 Å². The Labute approximate surface area is 110 Å². The minimum atomic E-state index is -1.05. The third-order valence-corrected chi connectivity index (χ3v) is 3.73. The average Bonchev–Trinajstić information content (AvgIpc) is 2.75. The summed E-state index contributed by atoms with van der Waals surface area (Å²) in [5, 5.41) is 13.6. The largest absolute Gasteiger partial charge is 0.477 e. The lowest BCUT2D eigenvalue weighted by atomic mass is 10.3. The molecule has 2 rings (SSSR count). The number of nitrogens with zero attached hydrogens (tertiary/aromatic N) is 2. The van der Waals surface area contributed by atoms with Crippen LogP contribution in [-0.2, 0) is 0 Å². The molecule has 7 heteroatoms. The molecule has 2 heterocycles. The van der Waals surface area contributed by atoms with Gasteiger partial charge in [0.2, 0.25) is 0 Å². The second-order valence-electron chi connectivity index (χ2n) is 3.14. The molecule has 0 aliphatic carbocycles. The highest BCUT2D eigenvalue weighted by atomic mass is 79.9. The Morgan fingerprint density at radius 2 is 2.35 bits per heavy atom. The molecule has 0 aromatic carbocycles. The number of carboxylic acid groups (broad SMARTS) is 1. The van der Waals surface area contributed by atoms with Gasteiger partial charge in [0.15, 0.2) is 5.82 Å². The van der Waals surface area contributed by atoms with Crippen molar-refractivity contribution in [2.75, 3.05) is 12.4 Å². The van der Waals surface area contributed by atoms with E-state index in [1.807, 2.05) is 11.4 Å². The molecule has 17 heavy (non-hydrogen) atoms. The molecule has 0 unspecified atom stereocenters. The Balaban J connectivity index is 2.48. The zero-order chi connectivity index (χ0) is 12.4. The van der Waals surface area contributed by atoms with Crippen LogP contribution in [0.2, 0.25) is 0 Å². The molecular formula is C10H8BrN3O2S. The summed E-state index contributed by atoms with van der Waals surface area (Å²) in [5.74, 6) is -0.227. The van der Waals surface area contributed by atoms with E-state index in [-0.39, 0.29) is 5.56 Å². The molecule has 0 saturated carbocycles. The molecule has 0 bridgehead atoms. The Morgan fingerprint density at radius 1 is 1.59 bits per heavy atom. The van der Waals surface area contributed by atoms with Gasteiger partial charge in [-0.25, -0.2) is 14.8 Å². The van der Waals surface area contributed by atoms with Crippen LogP contribution in [0, 0.1) is 0 Å². The molecule has 0 aliphatic rings. The van der Waals surface area contributed by atoms with Crippen molar-refractivity contribution in [3.63, 3.8) is 0 Å². The first-order valence-electron chi connectivity index (χ1n) is 4.64. The number of carbonyl (C=O) groups is 1. The first-order valence-corrected chi connectivity index (χ1v) is 6.31. The van der Waals surface area contributed by atoms with Crippen LogP contribution in [0.5, 0.6) is 0 Å². The molecule has 0 radical (unpaired) electrons. The van der Waals surface area contributed by atoms with Gasteiger partial charge in [-0.2, -0.15) is 0 Å². The van der Waals surface area contributed by atoms with E-state index in [0.29, 0.717) is 11.6 Å². The van der Waals surface area contributed by atoms with E-state index in [2.05, 4.69) is 31.2 Å². The number of hydrogen-bond donors (Lipinski definition) is 2. The van der Waals surface area contributed by atoms with Crippen LogP contribution in [0.1, 0.15) is 10.4 Å². The van der Waals surface area contributed by atoms with E-state index in [9.17, 15) is 4.79 Å². The van der Waals surface area contributed by atoms with Gasteiger partial charge < -0.3 is 10.4 Å². The maximum absolute atomic E-state index is 10.9. The number of thiophene rings is 1. The summed E-state index contributed by atoms with van der Waals surface area (Å²) in [6.45, 7) is 0. The Bertz CT molecular complexity index is 570. The summed E-state index contributed by atoms with van der Waals surface area (Å²) in [4.78, 5) is 20.0. The monoisotopic (exact) mass is 313 g/mol. The standard InChI is InChI=1S/C10H8BrN3O2S/c1-12-8-6(10(15)16)3-13-9(14-8)7-2-5(11)4-17-7/h2-4H,1H3,(H,15,16)(H,12,13,14). The van der Waals surface area contributed by atoms with E-state index in [1.54, 1.807) is 7.05 Å². The van der Waals surface area contributed by atoms with Crippen molar-refractivity contribution in [3.05, 3.63) is 27.7 Å². The predicted molar refractivity (Wildman–Crippen MR) is 69.6 cm³/mol. The first-order chi connectivity index (χ1) is 8.11. The number of anilines is 1. The number of carboxylic acids is 1. The second-order valence-corrected chi connectivity index (χ2v) is 4.97. The maximum atomic E-state index is 10.9. The van der Waals surface area contributed by atoms with Crippen molar-refractivity contribution in [1.29, 1.82) is 0 Å². The zero-order valence-corrected chi connectivity index (χ0v) is 11.2. The van der Waals surface area contributed by atoms with Gasteiger partial charge in [0.25, 0.3) is 0 Å². The van der Waals surface area contributed by atoms with E-state index in [1.165, 1.54) is 17.5 Å². The first kappa shape index (κ1) is 12.0. The van der Waals surface area contributed by atoms with Crippen molar-refractivity contribution < 1.29 is 9.90 Å². The summed E-state index contributed by atoms with van der Waals surface area (Å²) >= 11 is 4.84. The lowest BCUT2D eigenvalue weighted by Crippen LogP contribution is -2.06. The number of aromatic nitrogens is 2. The highest BCUT2D eigenvalue weighted by Gasteiger charge is 2.13. The maximum Gasteiger partial charge on any atom is 0.341 e. The second kappa shape index (κ2) is 4.80. The molecule has 2 aromatic heterocycles. The van der Waals surface area contributed by atoms with Crippen LogP contribution in [0.4, 0.5) is 5.82 Å². The molecule has 0 amide bonds. The average molecular weight is 314 g/mol. The van der Waals surface area contributed by atoms with Gasteiger partial charge in [0, 0.05) is 23.1 Å². The normalized spacial score (nSPS) is 10.2. The van der Waals surface area contributed by atoms with Crippen molar-refractivity contribution in [2.45, 2.75) is 0 Å². The van der Waals surface area contributed by atoms with Gasteiger partial charge in [-0.15, -0.1) is 11.3 Å². The van der Waals surface area contributed by atoms with Crippen molar-refractivity contribution >= 4 is 39.1 Å². The fraction of sp³-hybridized carbons (Fsp3) is 0.100. The quantitative estimate of drug-likeness (QED) is 0.911. The highest BCUT2D eigenvalue weighted by Crippen LogP contribution is 2.28. The van der Waals surface area contributed by atoms with Gasteiger partial charge >= 0.3 is 5.97 Å². The third kappa shape index (κ3) is 2.45. The third-order valence-electron chi connectivity index (χ3n) is 2.04. The fourth-order valence-electron chi connectivity index (χ4n) is 1.28. The number of aromatic carboxylic acids is 1. The topological polar surface area (TPSA) is 75.1 Å². The Morgan fingerprint density at radius 3 is 2.88 bits per heavy atom. The molecule has 2 N–H and O–H groups in total. The minimum Gasteiger partial charge on any atom is -0.477 e. The molecule has 0 atom stereocenters. The molecule has 5 nitrogen and oxygen atoms in total. The molecule has 0 saturated heterocycles. The lowest BCUT2D eigenvalue weighted by molar-refractivity contribution is 0.0697. The summed E-state index contributed by atoms with van der Waals surface area (Å²) in [6.07, 6.45) is 1.31. The van der Waals surface area contributed by atoms with E-state index >= 15 is 0 Å². The smallest absolute Gasteiger partial charge is 0.341 e. The summed E-state index contributed by atoms with van der Waals surface area (Å²) < 4.78 is 0.953. The number of nitrogens with one attached hydrogen (secondary N) is 1. The van der Waals surface area contributed by atoms with Crippen molar-refractivity contribution in [2.24, 2.45) is 0 Å². The van der Waals surface area contributed by atoms with E-state index in [4.69, 9.17) is 5.11 Å². The zero-order valence-electron chi connectivity index (χ0n) is 8.77. The molecule has 88 valence electrons. The molecule has 2 aromatic rings. The number of halogens is 1. The Hall–Kier alpha value is -1.47. The van der Waals surface area contributed by atoms with Gasteiger partial charge in [-0.1, -0.05) is 0 Å². The molecule has 0 spiro atoms. The summed E-state index contributed by atoms with van der Waals surface area (Å²) in [6, 6.07) is 1.89. The van der Waals surface area contributed by atoms with Crippen LogP contribution in [0.15, 0.2) is 22.1 Å². The number of rotatable bonds is 3. The highest BCUT2D eigenvalue weighted by molar-refractivity contribution is 9.10. The van der Waals surface area contributed by atoms with Crippen LogP contribution >= 0.6 is 27.3 Å². The van der Waals surface area contributed by atoms with E-state index < -0.39 is 5.97 Å². The lowest BCUT2D eigenvalue weighted by Gasteiger charge is -2.05. The van der Waals surface area contributed by atoms with Gasteiger partial charge in [-0.3, -0.25) is 0 Å². The van der Waals surface area contributed by atoms with Gasteiger partial charge in [0.05, 0.1) is 4.88 Å². The predicted octanol–water partition coefficient (Wildman–Crippen LogP) is 2.71. The minimum absolute atomic E-state index is 0.0619. The summed E-state index contributed by atoms with van der Waals surface area (Å²) in [7, 11) is 1.63. The molecular weight excluding hydrogens is 306 g/mol. The van der Waals surface area contributed by atoms with E-state index in [0.717, 1.165) is 9.35 Å². The van der Waals surface area contributed by atoms with Crippen LogP contribution in [0.3, 0.4) is 0 Å². The van der Waals surface area contributed by atoms with Crippen LogP contribution in [0.25, 0.3) is 10.7 Å². The Kier molecular flexibility index (Phi) is 3.39. The van der Waals surface area contributed by atoms with Crippen molar-refractivity contribution in [3.8, 4) is 10.7 Å². The van der Waals surface area contributed by atoms with Gasteiger partial charge in [-0.05, 0) is 22.0 Å². The number of hydrogen-bond acceptors (Lipinski definition) is 5. The van der Waals surface area contributed by atoms with Crippen LogP contribution < -0.4 is 5.32 Å². The summed E-state index contributed by atoms with van der Waals surface area (Å²) in [5.41, 5.74) is 0.0619. The van der Waals surface area contributed by atoms with Crippen LogP contribution in [-0.4, -0.2) is 28.1 Å². The fourth-order valence-corrected chi connectivity index (χ4v) is 2.65. The SMILES string of the molecule is CNc1nc(-c2cc(Br)cs2)ncc1C(=O)O. The van der Waals surface area contributed by atoms with Crippen molar-refractivity contribution in [1.82, 2.24) is 9.97 Å². The molecule has 0 fully saturated rings.